The number of likely N-dealkylation sites (tertiary alicyclic amines) is 1. The normalized spacial score (nSPS) is 24.6. The molecule has 3 rings (SSSR count). The first-order chi connectivity index (χ1) is 10.3. The van der Waals surface area contributed by atoms with Gasteiger partial charge in [0.05, 0.1) is 13.2 Å². The van der Waals surface area contributed by atoms with Crippen LogP contribution < -0.4 is 5.73 Å². The maximum Gasteiger partial charge on any atom is 0.127 e. The number of hydrogen-bond donors (Lipinski definition) is 1. The van der Waals surface area contributed by atoms with Crippen LogP contribution in [0, 0.1) is 5.82 Å². The SMILES string of the molecule is NCc1cc(CN2CCC(N3CCOCC3)C2)ccc1F. The van der Waals surface area contributed by atoms with Gasteiger partial charge in [-0.15, -0.1) is 0 Å². The summed E-state index contributed by atoms with van der Waals surface area (Å²) in [6, 6.07) is 5.95. The van der Waals surface area contributed by atoms with E-state index in [-0.39, 0.29) is 12.4 Å². The molecule has 21 heavy (non-hydrogen) atoms. The number of morpholine rings is 1. The Kier molecular flexibility index (Phi) is 4.85. The van der Waals surface area contributed by atoms with Crippen LogP contribution in [0.1, 0.15) is 17.5 Å². The van der Waals surface area contributed by atoms with Crippen molar-refractivity contribution in [2.75, 3.05) is 39.4 Å². The molecule has 1 unspecified atom stereocenters. The predicted molar refractivity (Wildman–Crippen MR) is 80.4 cm³/mol. The minimum Gasteiger partial charge on any atom is -0.379 e. The van der Waals surface area contributed by atoms with Crippen molar-refractivity contribution in [3.05, 3.63) is 35.1 Å². The first kappa shape index (κ1) is 14.9. The van der Waals surface area contributed by atoms with Crippen molar-refractivity contribution in [3.8, 4) is 0 Å². The molecule has 2 fully saturated rings. The molecule has 116 valence electrons. The molecule has 0 spiro atoms. The number of ether oxygens (including phenoxy) is 1. The van der Waals surface area contributed by atoms with E-state index in [2.05, 4.69) is 9.80 Å². The molecule has 0 aliphatic carbocycles. The molecule has 0 bridgehead atoms. The van der Waals surface area contributed by atoms with Crippen LogP contribution in [-0.4, -0.2) is 55.2 Å². The summed E-state index contributed by atoms with van der Waals surface area (Å²) in [6.45, 7) is 7.15. The highest BCUT2D eigenvalue weighted by atomic mass is 19.1. The minimum absolute atomic E-state index is 0.200. The van der Waals surface area contributed by atoms with Gasteiger partial charge in [-0.3, -0.25) is 9.80 Å². The lowest BCUT2D eigenvalue weighted by Crippen LogP contribution is -2.44. The van der Waals surface area contributed by atoms with E-state index in [1.54, 1.807) is 0 Å². The van der Waals surface area contributed by atoms with Crippen molar-refractivity contribution in [3.63, 3.8) is 0 Å². The lowest BCUT2D eigenvalue weighted by atomic mass is 10.1. The third-order valence-corrected chi connectivity index (χ3v) is 4.55. The fourth-order valence-electron chi connectivity index (χ4n) is 3.34. The fourth-order valence-corrected chi connectivity index (χ4v) is 3.34. The van der Waals surface area contributed by atoms with Crippen molar-refractivity contribution in [1.29, 1.82) is 0 Å². The summed E-state index contributed by atoms with van der Waals surface area (Å²) < 4.78 is 18.9. The predicted octanol–water partition coefficient (Wildman–Crippen LogP) is 1.19. The molecule has 0 radical (unpaired) electrons. The molecule has 2 N–H and O–H groups in total. The number of rotatable bonds is 4. The number of nitrogens with two attached hydrogens (primary N) is 1. The van der Waals surface area contributed by atoms with E-state index < -0.39 is 0 Å². The summed E-state index contributed by atoms with van der Waals surface area (Å²) in [5.41, 5.74) is 7.34. The van der Waals surface area contributed by atoms with Crippen molar-refractivity contribution >= 4 is 0 Å². The van der Waals surface area contributed by atoms with Crippen LogP contribution >= 0.6 is 0 Å². The second kappa shape index (κ2) is 6.83. The van der Waals surface area contributed by atoms with E-state index in [1.807, 2.05) is 12.1 Å². The highest BCUT2D eigenvalue weighted by Gasteiger charge is 2.28. The first-order valence-electron chi connectivity index (χ1n) is 7.78. The van der Waals surface area contributed by atoms with E-state index in [0.717, 1.165) is 51.5 Å². The Morgan fingerprint density at radius 1 is 1.24 bits per heavy atom. The van der Waals surface area contributed by atoms with Gasteiger partial charge in [-0.05, 0) is 18.1 Å². The molecule has 0 aromatic heterocycles. The van der Waals surface area contributed by atoms with E-state index in [4.69, 9.17) is 10.5 Å². The molecule has 1 aromatic rings. The lowest BCUT2D eigenvalue weighted by molar-refractivity contribution is 0.0184. The van der Waals surface area contributed by atoms with Gasteiger partial charge in [-0.1, -0.05) is 12.1 Å². The van der Waals surface area contributed by atoms with Gasteiger partial charge < -0.3 is 10.5 Å². The second-order valence-corrected chi connectivity index (χ2v) is 5.96. The van der Waals surface area contributed by atoms with Gasteiger partial charge in [-0.2, -0.15) is 0 Å². The Hall–Kier alpha value is -1.01. The van der Waals surface area contributed by atoms with Crippen LogP contribution in [0.4, 0.5) is 4.39 Å². The Bertz CT molecular complexity index is 477. The molecular formula is C16H24FN3O. The van der Waals surface area contributed by atoms with Crippen molar-refractivity contribution in [1.82, 2.24) is 9.80 Å². The quantitative estimate of drug-likeness (QED) is 0.905. The van der Waals surface area contributed by atoms with Crippen LogP contribution in [0.5, 0.6) is 0 Å². The van der Waals surface area contributed by atoms with E-state index in [0.29, 0.717) is 11.6 Å². The van der Waals surface area contributed by atoms with Gasteiger partial charge in [0.15, 0.2) is 0 Å². The third kappa shape index (κ3) is 3.61. The van der Waals surface area contributed by atoms with Gasteiger partial charge in [-0.25, -0.2) is 4.39 Å². The van der Waals surface area contributed by atoms with Gasteiger partial charge in [0.2, 0.25) is 0 Å². The zero-order valence-corrected chi connectivity index (χ0v) is 12.4. The maximum atomic E-state index is 13.5. The van der Waals surface area contributed by atoms with E-state index in [9.17, 15) is 4.39 Å². The molecule has 1 aromatic carbocycles. The Morgan fingerprint density at radius 3 is 2.81 bits per heavy atom. The van der Waals surface area contributed by atoms with Crippen molar-refractivity contribution in [2.45, 2.75) is 25.6 Å². The topological polar surface area (TPSA) is 41.7 Å². The van der Waals surface area contributed by atoms with Gasteiger partial charge in [0.25, 0.3) is 0 Å². The maximum absolute atomic E-state index is 13.5. The molecule has 4 nitrogen and oxygen atoms in total. The van der Waals surface area contributed by atoms with Crippen molar-refractivity contribution in [2.24, 2.45) is 5.73 Å². The molecule has 0 amide bonds. The summed E-state index contributed by atoms with van der Waals surface area (Å²) >= 11 is 0. The number of nitrogens with zero attached hydrogens (tertiary/aromatic N) is 2. The molecule has 1 atom stereocenters. The van der Waals surface area contributed by atoms with Crippen molar-refractivity contribution < 1.29 is 9.13 Å². The Labute approximate surface area is 125 Å². The molecule has 2 aliphatic rings. The average molecular weight is 293 g/mol. The number of halogens is 1. The summed E-state index contributed by atoms with van der Waals surface area (Å²) in [5, 5.41) is 0. The van der Waals surface area contributed by atoms with Crippen LogP contribution in [0.25, 0.3) is 0 Å². The molecule has 2 saturated heterocycles. The van der Waals surface area contributed by atoms with Crippen LogP contribution in [0.15, 0.2) is 18.2 Å². The largest absolute Gasteiger partial charge is 0.379 e. The molecule has 0 saturated carbocycles. The smallest absolute Gasteiger partial charge is 0.127 e. The van der Waals surface area contributed by atoms with Crippen LogP contribution in [0.3, 0.4) is 0 Å². The zero-order valence-electron chi connectivity index (χ0n) is 12.4. The second-order valence-electron chi connectivity index (χ2n) is 5.96. The number of hydrogen-bond acceptors (Lipinski definition) is 4. The van der Waals surface area contributed by atoms with Crippen LogP contribution in [0.2, 0.25) is 0 Å². The monoisotopic (exact) mass is 293 g/mol. The zero-order chi connectivity index (χ0) is 14.7. The van der Waals surface area contributed by atoms with E-state index in [1.165, 1.54) is 12.5 Å². The number of benzene rings is 1. The standard InChI is InChI=1S/C16H24FN3O/c17-16-2-1-13(9-14(16)10-18)11-19-4-3-15(12-19)20-5-7-21-8-6-20/h1-2,9,15H,3-8,10-12,18H2. The minimum atomic E-state index is -0.200. The first-order valence-corrected chi connectivity index (χ1v) is 7.78. The average Bonchev–Trinajstić information content (AvgIpc) is 2.98. The molecule has 5 heteroatoms. The lowest BCUT2D eigenvalue weighted by Gasteiger charge is -2.32. The van der Waals surface area contributed by atoms with Crippen LogP contribution in [-0.2, 0) is 17.8 Å². The Morgan fingerprint density at radius 2 is 2.05 bits per heavy atom. The van der Waals surface area contributed by atoms with E-state index >= 15 is 0 Å². The summed E-state index contributed by atoms with van der Waals surface area (Å²) in [7, 11) is 0. The Balaban J connectivity index is 1.56. The molecule has 2 aliphatic heterocycles. The van der Waals surface area contributed by atoms with Gasteiger partial charge in [0.1, 0.15) is 5.82 Å². The highest BCUT2D eigenvalue weighted by Crippen LogP contribution is 2.20. The molecular weight excluding hydrogens is 269 g/mol. The fraction of sp³-hybridized carbons (Fsp3) is 0.625. The molecule has 2 heterocycles. The summed E-state index contributed by atoms with van der Waals surface area (Å²) in [6.07, 6.45) is 1.21. The van der Waals surface area contributed by atoms with Gasteiger partial charge in [0, 0.05) is 50.9 Å². The highest BCUT2D eigenvalue weighted by molar-refractivity contribution is 5.25. The third-order valence-electron chi connectivity index (χ3n) is 4.55. The summed E-state index contributed by atoms with van der Waals surface area (Å²) in [4.78, 5) is 4.99. The van der Waals surface area contributed by atoms with Gasteiger partial charge >= 0.3 is 0 Å². The summed E-state index contributed by atoms with van der Waals surface area (Å²) in [5.74, 6) is -0.200.